The molecule has 0 N–H and O–H groups in total. The molecule has 0 spiro atoms. The molecular formula is C21H18BrNO2S2. The number of hydrogen-bond acceptors (Lipinski definition) is 4. The topological polar surface area (TPSA) is 29.5 Å². The first-order valence-electron chi connectivity index (χ1n) is 8.32. The second kappa shape index (κ2) is 8.87. The van der Waals surface area contributed by atoms with Gasteiger partial charge in [0.25, 0.3) is 5.91 Å². The van der Waals surface area contributed by atoms with Crippen LogP contribution >= 0.6 is 39.9 Å². The van der Waals surface area contributed by atoms with E-state index < -0.39 is 0 Å². The molecule has 0 aromatic heterocycles. The second-order valence-electron chi connectivity index (χ2n) is 6.04. The fourth-order valence-corrected chi connectivity index (χ4v) is 4.30. The molecule has 27 heavy (non-hydrogen) atoms. The molecule has 0 aliphatic carbocycles. The summed E-state index contributed by atoms with van der Waals surface area (Å²) in [5.41, 5.74) is 3.12. The first-order valence-corrected chi connectivity index (χ1v) is 10.3. The van der Waals surface area contributed by atoms with Crippen LogP contribution in [0.25, 0.3) is 6.08 Å². The van der Waals surface area contributed by atoms with Crippen LogP contribution in [0.5, 0.6) is 5.75 Å². The summed E-state index contributed by atoms with van der Waals surface area (Å²) >= 11 is 10.1. The minimum atomic E-state index is -0.102. The molecule has 6 heteroatoms. The van der Waals surface area contributed by atoms with Crippen LogP contribution in [0.15, 0.2) is 64.5 Å². The van der Waals surface area contributed by atoms with Crippen molar-refractivity contribution in [3.05, 3.63) is 81.2 Å². The molecule has 138 valence electrons. The van der Waals surface area contributed by atoms with Crippen LogP contribution in [0.4, 0.5) is 0 Å². The molecule has 1 saturated heterocycles. The fraction of sp³-hybridized carbons (Fsp3) is 0.143. The van der Waals surface area contributed by atoms with Crippen LogP contribution in [0.1, 0.15) is 16.7 Å². The molecule has 1 amide bonds. The lowest BCUT2D eigenvalue weighted by atomic mass is 10.1. The molecule has 0 saturated carbocycles. The maximum absolute atomic E-state index is 12.6. The molecule has 1 fully saturated rings. The normalized spacial score (nSPS) is 15.5. The number of hydrogen-bond donors (Lipinski definition) is 0. The summed E-state index contributed by atoms with van der Waals surface area (Å²) in [6, 6.07) is 14.0. The van der Waals surface area contributed by atoms with Crippen molar-refractivity contribution in [1.82, 2.24) is 4.90 Å². The lowest BCUT2D eigenvalue weighted by Gasteiger charge is -2.11. The van der Waals surface area contributed by atoms with Crippen molar-refractivity contribution in [2.24, 2.45) is 0 Å². The van der Waals surface area contributed by atoms with Crippen molar-refractivity contribution >= 4 is 56.2 Å². The maximum Gasteiger partial charge on any atom is 0.266 e. The minimum absolute atomic E-state index is 0.102. The van der Waals surface area contributed by atoms with E-state index in [4.69, 9.17) is 17.0 Å². The highest BCUT2D eigenvalue weighted by atomic mass is 79.9. The van der Waals surface area contributed by atoms with E-state index in [1.54, 1.807) is 11.0 Å². The monoisotopic (exact) mass is 459 g/mol. The smallest absolute Gasteiger partial charge is 0.266 e. The van der Waals surface area contributed by atoms with Crippen LogP contribution in [0.2, 0.25) is 0 Å². The molecule has 2 aromatic carbocycles. The fourth-order valence-electron chi connectivity index (χ4n) is 2.65. The Kier molecular flexibility index (Phi) is 6.52. The molecule has 1 heterocycles. The molecule has 1 aliphatic heterocycles. The van der Waals surface area contributed by atoms with E-state index >= 15 is 0 Å². The Morgan fingerprint density at radius 3 is 2.85 bits per heavy atom. The largest absolute Gasteiger partial charge is 0.488 e. The molecular weight excluding hydrogens is 442 g/mol. The van der Waals surface area contributed by atoms with Crippen molar-refractivity contribution in [2.45, 2.75) is 13.5 Å². The van der Waals surface area contributed by atoms with Gasteiger partial charge in [-0.15, -0.1) is 6.58 Å². The second-order valence-corrected chi connectivity index (χ2v) is 8.63. The molecule has 0 bridgehead atoms. The number of carbonyl (C=O) groups is 1. The Labute approximate surface area is 177 Å². The lowest BCUT2D eigenvalue weighted by molar-refractivity contribution is -0.121. The zero-order valence-electron chi connectivity index (χ0n) is 14.8. The third kappa shape index (κ3) is 4.89. The molecule has 0 unspecified atom stereocenters. The summed E-state index contributed by atoms with van der Waals surface area (Å²) in [7, 11) is 0. The number of nitrogens with zero attached hydrogens (tertiary/aromatic N) is 1. The summed E-state index contributed by atoms with van der Waals surface area (Å²) in [5.74, 6) is 0.614. The van der Waals surface area contributed by atoms with Gasteiger partial charge in [-0.05, 0) is 36.8 Å². The van der Waals surface area contributed by atoms with Crippen LogP contribution in [-0.4, -0.2) is 21.7 Å². The average Bonchev–Trinajstić information content (AvgIpc) is 2.89. The number of thioether (sulfide) groups is 1. The van der Waals surface area contributed by atoms with Gasteiger partial charge in [-0.3, -0.25) is 9.69 Å². The van der Waals surface area contributed by atoms with E-state index in [9.17, 15) is 4.79 Å². The predicted molar refractivity (Wildman–Crippen MR) is 120 cm³/mol. The van der Waals surface area contributed by atoms with Gasteiger partial charge in [-0.2, -0.15) is 0 Å². The Morgan fingerprint density at radius 1 is 1.30 bits per heavy atom. The van der Waals surface area contributed by atoms with Crippen molar-refractivity contribution in [2.75, 3.05) is 6.54 Å². The molecule has 3 nitrogen and oxygen atoms in total. The van der Waals surface area contributed by atoms with Crippen molar-refractivity contribution in [3.63, 3.8) is 0 Å². The van der Waals surface area contributed by atoms with Crippen LogP contribution in [0.3, 0.4) is 0 Å². The minimum Gasteiger partial charge on any atom is -0.488 e. The number of thiocarbonyl (C=S) groups is 1. The third-order valence-corrected chi connectivity index (χ3v) is 5.79. The zero-order chi connectivity index (χ0) is 19.4. The van der Waals surface area contributed by atoms with Crippen LogP contribution in [-0.2, 0) is 11.4 Å². The van der Waals surface area contributed by atoms with E-state index in [-0.39, 0.29) is 5.91 Å². The van der Waals surface area contributed by atoms with Crippen molar-refractivity contribution < 1.29 is 9.53 Å². The number of amides is 1. The summed E-state index contributed by atoms with van der Waals surface area (Å²) < 4.78 is 7.49. The number of halogens is 1. The number of carbonyl (C=O) groups excluding carboxylic acids is 1. The quantitative estimate of drug-likeness (QED) is 0.313. The van der Waals surface area contributed by atoms with E-state index in [1.807, 2.05) is 36.4 Å². The first-order chi connectivity index (χ1) is 13.0. The maximum atomic E-state index is 12.6. The van der Waals surface area contributed by atoms with Gasteiger partial charge in [0.15, 0.2) is 0 Å². The van der Waals surface area contributed by atoms with E-state index in [0.717, 1.165) is 15.6 Å². The standard InChI is InChI=1S/C21H18BrNO2S2/c1-3-9-23-20(24)19(27-21(23)26)12-16-11-17(22)7-8-18(16)25-13-15-6-4-5-14(2)10-15/h3-8,10-12H,1,9,13H2,2H3/b19-12-. The van der Waals surface area contributed by atoms with Gasteiger partial charge in [0, 0.05) is 16.6 Å². The van der Waals surface area contributed by atoms with Gasteiger partial charge in [-0.1, -0.05) is 75.8 Å². The van der Waals surface area contributed by atoms with E-state index in [2.05, 4.69) is 41.6 Å². The molecule has 0 atom stereocenters. The summed E-state index contributed by atoms with van der Waals surface area (Å²) in [6.45, 7) is 6.61. The Bertz CT molecular complexity index is 940. The summed E-state index contributed by atoms with van der Waals surface area (Å²) in [5, 5.41) is 0. The van der Waals surface area contributed by atoms with Crippen molar-refractivity contribution in [1.29, 1.82) is 0 Å². The average molecular weight is 460 g/mol. The van der Waals surface area contributed by atoms with Gasteiger partial charge >= 0.3 is 0 Å². The SMILES string of the molecule is C=CCN1C(=O)/C(=C/c2cc(Br)ccc2OCc2cccc(C)c2)SC1=S. The Hall–Kier alpha value is -1.89. The number of aryl methyl sites for hydroxylation is 1. The molecule has 3 rings (SSSR count). The van der Waals surface area contributed by atoms with Gasteiger partial charge in [-0.25, -0.2) is 0 Å². The van der Waals surface area contributed by atoms with Crippen LogP contribution in [0, 0.1) is 6.92 Å². The predicted octanol–water partition coefficient (Wildman–Crippen LogP) is 5.72. The third-order valence-electron chi connectivity index (χ3n) is 3.92. The number of benzene rings is 2. The first kappa shape index (κ1) is 19.9. The summed E-state index contributed by atoms with van der Waals surface area (Å²) in [4.78, 5) is 14.7. The van der Waals surface area contributed by atoms with Gasteiger partial charge in [0.05, 0.1) is 4.91 Å². The lowest BCUT2D eigenvalue weighted by Crippen LogP contribution is -2.27. The van der Waals surface area contributed by atoms with Gasteiger partial charge in [0.1, 0.15) is 16.7 Å². The highest BCUT2D eigenvalue weighted by molar-refractivity contribution is 9.10. The van der Waals surface area contributed by atoms with Crippen LogP contribution < -0.4 is 4.74 Å². The van der Waals surface area contributed by atoms with E-state index in [1.165, 1.54) is 17.3 Å². The van der Waals surface area contributed by atoms with Gasteiger partial charge in [0.2, 0.25) is 0 Å². The highest BCUT2D eigenvalue weighted by Gasteiger charge is 2.31. The zero-order valence-corrected chi connectivity index (χ0v) is 18.0. The summed E-state index contributed by atoms with van der Waals surface area (Å²) in [6.07, 6.45) is 3.50. The Balaban J connectivity index is 1.85. The number of ether oxygens (including phenoxy) is 1. The van der Waals surface area contributed by atoms with Gasteiger partial charge < -0.3 is 4.74 Å². The number of rotatable bonds is 6. The Morgan fingerprint density at radius 2 is 2.11 bits per heavy atom. The molecule has 0 radical (unpaired) electrons. The molecule has 2 aromatic rings. The van der Waals surface area contributed by atoms with E-state index in [0.29, 0.717) is 28.1 Å². The molecule has 1 aliphatic rings. The van der Waals surface area contributed by atoms with Crippen molar-refractivity contribution in [3.8, 4) is 5.75 Å². The highest BCUT2D eigenvalue weighted by Crippen LogP contribution is 2.35.